The van der Waals surface area contributed by atoms with Crippen LogP contribution in [0.1, 0.15) is 30.4 Å². The minimum Gasteiger partial charge on any atom is -0.481 e. The molecule has 0 aromatic heterocycles. The van der Waals surface area contributed by atoms with Crippen molar-refractivity contribution in [2.45, 2.75) is 38.3 Å². The number of nitrogens with one attached hydrogen (secondary N) is 1. The van der Waals surface area contributed by atoms with Crippen molar-refractivity contribution >= 4 is 16.2 Å². The van der Waals surface area contributed by atoms with E-state index in [2.05, 4.69) is 4.72 Å². The van der Waals surface area contributed by atoms with Gasteiger partial charge in [0.15, 0.2) is 0 Å². The molecule has 0 radical (unpaired) electrons. The monoisotopic (exact) mass is 324 g/mol. The van der Waals surface area contributed by atoms with E-state index in [-0.39, 0.29) is 19.0 Å². The second-order valence-electron chi connectivity index (χ2n) is 6.12. The van der Waals surface area contributed by atoms with Gasteiger partial charge in [0.2, 0.25) is 0 Å². The van der Waals surface area contributed by atoms with Crippen LogP contribution in [-0.2, 0) is 28.0 Å². The zero-order valence-electron chi connectivity index (χ0n) is 12.2. The van der Waals surface area contributed by atoms with Gasteiger partial charge in [0.1, 0.15) is 0 Å². The Bertz CT molecular complexity index is 657. The van der Waals surface area contributed by atoms with E-state index in [1.165, 1.54) is 0 Å². The van der Waals surface area contributed by atoms with Crippen LogP contribution in [0.5, 0.6) is 0 Å². The number of hydrogen-bond donors (Lipinski definition) is 2. The summed E-state index contributed by atoms with van der Waals surface area (Å²) in [5.41, 5.74) is 1.53. The van der Waals surface area contributed by atoms with Crippen LogP contribution in [0.3, 0.4) is 0 Å². The van der Waals surface area contributed by atoms with Crippen molar-refractivity contribution in [1.29, 1.82) is 0 Å². The predicted octanol–water partition coefficient (Wildman–Crippen LogP) is 1.13. The Morgan fingerprint density at radius 1 is 1.23 bits per heavy atom. The molecule has 1 saturated heterocycles. The number of fused-ring (bicyclic) bond motifs is 2. The van der Waals surface area contributed by atoms with Gasteiger partial charge in [-0.1, -0.05) is 24.3 Å². The van der Waals surface area contributed by atoms with Crippen molar-refractivity contribution in [2.75, 3.05) is 6.54 Å². The smallest absolute Gasteiger partial charge is 0.307 e. The highest BCUT2D eigenvalue weighted by Gasteiger charge is 2.43. The molecule has 2 unspecified atom stereocenters. The van der Waals surface area contributed by atoms with Crippen molar-refractivity contribution in [3.8, 4) is 0 Å². The number of rotatable bonds is 6. The molecule has 3 rings (SSSR count). The second kappa shape index (κ2) is 5.98. The summed E-state index contributed by atoms with van der Waals surface area (Å²) in [4.78, 5) is 10.6. The van der Waals surface area contributed by atoms with Gasteiger partial charge in [0, 0.05) is 19.1 Å². The van der Waals surface area contributed by atoms with E-state index in [4.69, 9.17) is 5.11 Å². The van der Waals surface area contributed by atoms with E-state index in [1.54, 1.807) is 28.6 Å². The molecule has 2 atom stereocenters. The zero-order chi connectivity index (χ0) is 15.7. The molecule has 2 aliphatic rings. The fraction of sp³-hybridized carbons (Fsp3) is 0.533. The lowest BCUT2D eigenvalue weighted by atomic mass is 10.1. The molecule has 120 valence electrons. The Morgan fingerprint density at radius 3 is 2.45 bits per heavy atom. The number of benzene rings is 1. The van der Waals surface area contributed by atoms with Gasteiger partial charge < -0.3 is 5.11 Å². The first-order valence-corrected chi connectivity index (χ1v) is 8.94. The molecular formula is C15H20N2O4S. The maximum absolute atomic E-state index is 12.3. The van der Waals surface area contributed by atoms with E-state index in [1.807, 2.05) is 0 Å². The average Bonchev–Trinajstić information content (AvgIpc) is 3.09. The van der Waals surface area contributed by atoms with Gasteiger partial charge in [-0.2, -0.15) is 17.4 Å². The summed E-state index contributed by atoms with van der Waals surface area (Å²) >= 11 is 0. The summed E-state index contributed by atoms with van der Waals surface area (Å²) in [5.74, 6) is -0.352. The third kappa shape index (κ3) is 3.31. The highest BCUT2D eigenvalue weighted by atomic mass is 32.2. The number of hydrogen-bond acceptors (Lipinski definition) is 3. The van der Waals surface area contributed by atoms with E-state index >= 15 is 0 Å². The topological polar surface area (TPSA) is 86.7 Å². The van der Waals surface area contributed by atoms with Crippen LogP contribution in [0.15, 0.2) is 24.3 Å². The molecule has 7 heteroatoms. The third-order valence-electron chi connectivity index (χ3n) is 4.50. The van der Waals surface area contributed by atoms with Gasteiger partial charge >= 0.3 is 5.97 Å². The van der Waals surface area contributed by atoms with Crippen molar-refractivity contribution < 1.29 is 18.3 Å². The van der Waals surface area contributed by atoms with Crippen LogP contribution < -0.4 is 4.72 Å². The number of carboxylic acid groups (broad SMARTS) is 1. The summed E-state index contributed by atoms with van der Waals surface area (Å²) in [7, 11) is -3.43. The number of carboxylic acids is 1. The van der Waals surface area contributed by atoms with Crippen LogP contribution in [0.25, 0.3) is 0 Å². The van der Waals surface area contributed by atoms with Crippen molar-refractivity contribution in [3.63, 3.8) is 0 Å². The molecular weight excluding hydrogens is 304 g/mol. The first-order valence-electron chi connectivity index (χ1n) is 7.50. The lowest BCUT2D eigenvalue weighted by Crippen LogP contribution is -2.44. The van der Waals surface area contributed by atoms with Crippen molar-refractivity contribution in [2.24, 2.45) is 5.92 Å². The number of piperidine rings is 1. The number of carbonyl (C=O) groups is 1. The molecule has 6 nitrogen and oxygen atoms in total. The fourth-order valence-electron chi connectivity index (χ4n) is 3.38. The SMILES string of the molecule is O=C(O)Cc1ccc(CNS(=O)(=O)N2CC3CCC2C3)cc1. The lowest BCUT2D eigenvalue weighted by Gasteiger charge is -2.26. The second-order valence-corrected chi connectivity index (χ2v) is 7.82. The van der Waals surface area contributed by atoms with Gasteiger partial charge in [-0.25, -0.2) is 0 Å². The summed E-state index contributed by atoms with van der Waals surface area (Å²) in [6, 6.07) is 7.12. The maximum Gasteiger partial charge on any atom is 0.307 e. The van der Waals surface area contributed by atoms with Crippen LogP contribution in [-0.4, -0.2) is 36.4 Å². The van der Waals surface area contributed by atoms with E-state index in [0.29, 0.717) is 18.0 Å². The molecule has 1 heterocycles. The maximum atomic E-state index is 12.3. The fourth-order valence-corrected chi connectivity index (χ4v) is 4.89. The minimum atomic E-state index is -3.43. The molecule has 0 spiro atoms. The average molecular weight is 324 g/mol. The van der Waals surface area contributed by atoms with Crippen LogP contribution in [0.2, 0.25) is 0 Å². The number of nitrogens with zero attached hydrogens (tertiary/aromatic N) is 1. The lowest BCUT2D eigenvalue weighted by molar-refractivity contribution is -0.136. The first-order chi connectivity index (χ1) is 10.4. The van der Waals surface area contributed by atoms with Crippen LogP contribution in [0.4, 0.5) is 0 Å². The molecule has 22 heavy (non-hydrogen) atoms. The van der Waals surface area contributed by atoms with Gasteiger partial charge in [-0.3, -0.25) is 4.79 Å². The predicted molar refractivity (Wildman–Crippen MR) is 81.4 cm³/mol. The minimum absolute atomic E-state index is 0.0249. The Morgan fingerprint density at radius 2 is 1.91 bits per heavy atom. The molecule has 1 aliphatic carbocycles. The Balaban J connectivity index is 1.58. The quantitative estimate of drug-likeness (QED) is 0.821. The standard InChI is InChI=1S/C15H20N2O4S/c18-15(19)8-11-1-3-12(4-2-11)9-16-22(20,21)17-10-13-5-6-14(17)7-13/h1-4,13-14,16H,5-10H2,(H,18,19). The summed E-state index contributed by atoms with van der Waals surface area (Å²) in [6.45, 7) is 0.862. The summed E-state index contributed by atoms with van der Waals surface area (Å²) in [6.07, 6.45) is 3.07. The van der Waals surface area contributed by atoms with E-state index < -0.39 is 16.2 Å². The highest BCUT2D eigenvalue weighted by Crippen LogP contribution is 2.38. The molecule has 2 N–H and O–H groups in total. The normalized spacial score (nSPS) is 24.7. The van der Waals surface area contributed by atoms with Gasteiger partial charge in [-0.15, -0.1) is 0 Å². The summed E-state index contributed by atoms with van der Waals surface area (Å²) < 4.78 is 28.9. The largest absolute Gasteiger partial charge is 0.481 e. The number of aliphatic carboxylic acids is 1. The van der Waals surface area contributed by atoms with Crippen molar-refractivity contribution in [1.82, 2.24) is 9.03 Å². The van der Waals surface area contributed by atoms with Gasteiger partial charge in [-0.05, 0) is 36.3 Å². The molecule has 1 saturated carbocycles. The molecule has 1 aromatic rings. The van der Waals surface area contributed by atoms with E-state index in [0.717, 1.165) is 24.8 Å². The molecule has 1 aromatic carbocycles. The van der Waals surface area contributed by atoms with Gasteiger partial charge in [0.25, 0.3) is 10.2 Å². The highest BCUT2D eigenvalue weighted by molar-refractivity contribution is 7.87. The van der Waals surface area contributed by atoms with Gasteiger partial charge in [0.05, 0.1) is 6.42 Å². The third-order valence-corrected chi connectivity index (χ3v) is 6.08. The van der Waals surface area contributed by atoms with E-state index in [9.17, 15) is 13.2 Å². The zero-order valence-corrected chi connectivity index (χ0v) is 13.1. The first kappa shape index (κ1) is 15.5. The molecule has 1 aliphatic heterocycles. The Hall–Kier alpha value is -1.44. The Kier molecular flexibility index (Phi) is 4.20. The molecule has 0 amide bonds. The molecule has 2 bridgehead atoms. The van der Waals surface area contributed by atoms with Crippen molar-refractivity contribution in [3.05, 3.63) is 35.4 Å². The van der Waals surface area contributed by atoms with Crippen LogP contribution >= 0.6 is 0 Å². The Labute approximate surface area is 130 Å². The van der Waals surface area contributed by atoms with Crippen LogP contribution in [0, 0.1) is 5.92 Å². The summed E-state index contributed by atoms with van der Waals surface area (Å²) in [5, 5.41) is 8.72. The molecule has 2 fully saturated rings.